The van der Waals surface area contributed by atoms with Crippen LogP contribution in [-0.2, 0) is 5.72 Å². The predicted molar refractivity (Wildman–Crippen MR) is 99.0 cm³/mol. The van der Waals surface area contributed by atoms with E-state index >= 15 is 0 Å². The van der Waals surface area contributed by atoms with E-state index in [1.807, 2.05) is 54.2 Å². The zero-order chi connectivity index (χ0) is 15.9. The standard InChI is InChI=1S/C18H18BrN2OS.BrH/c19-15-7-9-16(10-8-15)20-13-18(22,14-5-2-1-3-6-14)21-11-4-12-23-17(20)21;/h1-3,5-10,22H,4,11-13H2;1H/q+1;/p-1. The molecule has 0 radical (unpaired) electrons. The molecule has 2 aromatic rings. The minimum Gasteiger partial charge on any atom is -1.00 e. The Bertz CT molecular complexity index is 751. The molecule has 0 saturated heterocycles. The molecule has 2 aliphatic rings. The van der Waals surface area contributed by atoms with E-state index in [4.69, 9.17) is 0 Å². The fourth-order valence-electron chi connectivity index (χ4n) is 3.27. The van der Waals surface area contributed by atoms with Gasteiger partial charge in [-0.05, 0) is 42.4 Å². The number of benzene rings is 2. The summed E-state index contributed by atoms with van der Waals surface area (Å²) in [6.45, 7) is 1.45. The van der Waals surface area contributed by atoms with Gasteiger partial charge < -0.3 is 22.1 Å². The highest BCUT2D eigenvalue weighted by atomic mass is 79.9. The minimum atomic E-state index is -0.961. The fourth-order valence-corrected chi connectivity index (χ4v) is 4.72. The molecule has 24 heavy (non-hydrogen) atoms. The first kappa shape index (κ1) is 18.0. The van der Waals surface area contributed by atoms with Crippen molar-refractivity contribution in [2.24, 2.45) is 0 Å². The number of aliphatic hydroxyl groups is 1. The van der Waals surface area contributed by atoms with Crippen molar-refractivity contribution in [3.8, 4) is 0 Å². The summed E-state index contributed by atoms with van der Waals surface area (Å²) in [5.74, 6) is 1.10. The van der Waals surface area contributed by atoms with Gasteiger partial charge in [0.15, 0.2) is 6.54 Å². The average molecular weight is 470 g/mol. The third-order valence-corrected chi connectivity index (χ3v) is 6.14. The quantitative estimate of drug-likeness (QED) is 0.653. The van der Waals surface area contributed by atoms with Crippen molar-refractivity contribution in [3.05, 3.63) is 64.6 Å². The normalized spacial score (nSPS) is 23.0. The molecule has 2 aromatic carbocycles. The van der Waals surface area contributed by atoms with Gasteiger partial charge in [0.2, 0.25) is 0 Å². The molecule has 0 spiro atoms. The molecule has 2 aliphatic heterocycles. The van der Waals surface area contributed by atoms with E-state index in [-0.39, 0.29) is 17.0 Å². The first-order valence-corrected chi connectivity index (χ1v) is 9.55. The van der Waals surface area contributed by atoms with Crippen LogP contribution in [0.1, 0.15) is 12.0 Å². The van der Waals surface area contributed by atoms with Gasteiger partial charge in [-0.2, -0.15) is 0 Å². The van der Waals surface area contributed by atoms with E-state index in [2.05, 4.69) is 37.5 Å². The molecule has 6 heteroatoms. The Morgan fingerprint density at radius 1 is 1.08 bits per heavy atom. The lowest BCUT2D eigenvalue weighted by Crippen LogP contribution is -3.00. The van der Waals surface area contributed by atoms with E-state index in [9.17, 15) is 5.11 Å². The number of halogens is 2. The molecule has 3 nitrogen and oxygen atoms in total. The van der Waals surface area contributed by atoms with Crippen LogP contribution in [0, 0.1) is 0 Å². The van der Waals surface area contributed by atoms with Crippen LogP contribution in [0.2, 0.25) is 0 Å². The molecule has 0 aliphatic carbocycles. The van der Waals surface area contributed by atoms with Crippen LogP contribution in [0.25, 0.3) is 0 Å². The van der Waals surface area contributed by atoms with Gasteiger partial charge in [0.1, 0.15) is 5.69 Å². The summed E-state index contributed by atoms with van der Waals surface area (Å²) in [6.07, 6.45) is 1.09. The Kier molecular flexibility index (Phi) is 5.39. The van der Waals surface area contributed by atoms with Crippen molar-refractivity contribution >= 4 is 38.5 Å². The largest absolute Gasteiger partial charge is 1.00 e. The summed E-state index contributed by atoms with van der Waals surface area (Å²) >= 11 is 5.33. The number of amidine groups is 1. The molecule has 1 unspecified atom stereocenters. The predicted octanol–water partition coefficient (Wildman–Crippen LogP) is 0.624. The third-order valence-electron chi connectivity index (χ3n) is 4.42. The molecule has 0 amide bonds. The fraction of sp³-hybridized carbons (Fsp3) is 0.278. The zero-order valence-electron chi connectivity index (χ0n) is 13.0. The molecular formula is C18H18Br2N2OS. The van der Waals surface area contributed by atoms with Gasteiger partial charge >= 0.3 is 5.17 Å². The highest BCUT2D eigenvalue weighted by Gasteiger charge is 2.53. The third kappa shape index (κ3) is 3.05. The average Bonchev–Trinajstić information content (AvgIpc) is 2.91. The van der Waals surface area contributed by atoms with E-state index in [0.29, 0.717) is 6.54 Å². The molecule has 0 bridgehead atoms. The summed E-state index contributed by atoms with van der Waals surface area (Å²) in [5, 5.41) is 12.6. The number of hydrogen-bond acceptors (Lipinski definition) is 3. The van der Waals surface area contributed by atoms with Crippen LogP contribution >= 0.6 is 27.7 Å². The van der Waals surface area contributed by atoms with Crippen LogP contribution in [0.3, 0.4) is 0 Å². The maximum Gasteiger partial charge on any atom is 0.316 e. The summed E-state index contributed by atoms with van der Waals surface area (Å²) in [6, 6.07) is 18.3. The molecule has 1 N–H and O–H groups in total. The first-order chi connectivity index (χ1) is 11.2. The first-order valence-electron chi connectivity index (χ1n) is 7.77. The Hall–Kier alpha value is -0.820. The van der Waals surface area contributed by atoms with Gasteiger partial charge in [-0.15, -0.1) is 0 Å². The van der Waals surface area contributed by atoms with Gasteiger partial charge in [-0.1, -0.05) is 46.3 Å². The van der Waals surface area contributed by atoms with E-state index in [1.165, 1.54) is 0 Å². The van der Waals surface area contributed by atoms with Gasteiger partial charge in [0, 0.05) is 15.8 Å². The molecule has 0 saturated carbocycles. The van der Waals surface area contributed by atoms with Crippen LogP contribution in [0.15, 0.2) is 59.1 Å². The molecule has 4 rings (SSSR count). The van der Waals surface area contributed by atoms with Crippen LogP contribution in [0.4, 0.5) is 5.69 Å². The second kappa shape index (κ2) is 7.20. The zero-order valence-corrected chi connectivity index (χ0v) is 17.0. The number of anilines is 1. The van der Waals surface area contributed by atoms with E-state index in [0.717, 1.165) is 39.6 Å². The maximum atomic E-state index is 11.5. The van der Waals surface area contributed by atoms with Crippen molar-refractivity contribution in [1.82, 2.24) is 0 Å². The number of β-amino-alcohol motifs (C(OH)–C–C–N with tert-alkyl or cyclic N) is 1. The van der Waals surface area contributed by atoms with Gasteiger partial charge in [0.25, 0.3) is 5.72 Å². The SMILES string of the molecule is OC1(c2ccccc2)CN(c2ccc(Br)cc2)C2=[N+]1CCCS2.[Br-]. The van der Waals surface area contributed by atoms with Crippen molar-refractivity contribution in [1.29, 1.82) is 0 Å². The van der Waals surface area contributed by atoms with E-state index in [1.54, 1.807) is 0 Å². The van der Waals surface area contributed by atoms with Crippen molar-refractivity contribution < 1.29 is 26.7 Å². The van der Waals surface area contributed by atoms with Crippen LogP contribution < -0.4 is 21.9 Å². The molecular weight excluding hydrogens is 452 g/mol. The van der Waals surface area contributed by atoms with Crippen molar-refractivity contribution in [2.45, 2.75) is 12.1 Å². The summed E-state index contributed by atoms with van der Waals surface area (Å²) < 4.78 is 3.23. The molecule has 2 heterocycles. The Balaban J connectivity index is 0.00000169. The Morgan fingerprint density at radius 3 is 2.50 bits per heavy atom. The van der Waals surface area contributed by atoms with Gasteiger partial charge in [-0.3, -0.25) is 0 Å². The summed E-state index contributed by atoms with van der Waals surface area (Å²) in [7, 11) is 0. The summed E-state index contributed by atoms with van der Waals surface area (Å²) in [4.78, 5) is 2.24. The second-order valence-electron chi connectivity index (χ2n) is 5.88. The Morgan fingerprint density at radius 2 is 1.79 bits per heavy atom. The van der Waals surface area contributed by atoms with Crippen LogP contribution in [-0.4, -0.2) is 33.7 Å². The van der Waals surface area contributed by atoms with Crippen LogP contribution in [0.5, 0.6) is 0 Å². The topological polar surface area (TPSA) is 26.5 Å². The maximum absolute atomic E-state index is 11.5. The van der Waals surface area contributed by atoms with E-state index < -0.39 is 5.72 Å². The lowest BCUT2D eigenvalue weighted by molar-refractivity contribution is -0.656. The number of nitrogens with zero attached hydrogens (tertiary/aromatic N) is 2. The van der Waals surface area contributed by atoms with Crippen molar-refractivity contribution in [3.63, 3.8) is 0 Å². The summed E-state index contributed by atoms with van der Waals surface area (Å²) in [5.41, 5.74) is 1.12. The number of thioether (sulfide) groups is 1. The molecule has 0 fully saturated rings. The van der Waals surface area contributed by atoms with Gasteiger partial charge in [0.05, 0.1) is 6.54 Å². The molecule has 1 atom stereocenters. The van der Waals surface area contributed by atoms with Gasteiger partial charge in [-0.25, -0.2) is 9.48 Å². The molecule has 126 valence electrons. The molecule has 0 aromatic heterocycles. The second-order valence-corrected chi connectivity index (χ2v) is 7.86. The Labute approximate surface area is 165 Å². The minimum absolute atomic E-state index is 0. The lowest BCUT2D eigenvalue weighted by atomic mass is 10.0. The van der Waals surface area contributed by atoms with Crippen molar-refractivity contribution in [2.75, 3.05) is 23.7 Å². The highest BCUT2D eigenvalue weighted by molar-refractivity contribution is 9.10. The number of rotatable bonds is 2. The number of hydrogen-bond donors (Lipinski definition) is 1. The highest BCUT2D eigenvalue weighted by Crippen LogP contribution is 2.37. The monoisotopic (exact) mass is 468 g/mol. The smallest absolute Gasteiger partial charge is 0.316 e. The lowest BCUT2D eigenvalue weighted by Gasteiger charge is -2.24.